The number of amides is 1. The van der Waals surface area contributed by atoms with E-state index < -0.39 is 22.0 Å². The van der Waals surface area contributed by atoms with Crippen LogP contribution in [0.15, 0.2) is 35.2 Å². The van der Waals surface area contributed by atoms with Crippen LogP contribution in [0.1, 0.15) is 23.2 Å². The molecular weight excluding hydrogens is 344 g/mol. The molecule has 8 heteroatoms. The van der Waals surface area contributed by atoms with Crippen LogP contribution < -0.4 is 10.0 Å². The smallest absolute Gasteiger partial charge is 0.258 e. The number of carboxylic acid groups (broad SMARTS) is 1. The normalized spacial score (nSPS) is 20.6. The number of anilines is 1. The van der Waals surface area contributed by atoms with Crippen LogP contribution >= 0.6 is 0 Å². The van der Waals surface area contributed by atoms with Crippen molar-refractivity contribution in [3.63, 3.8) is 0 Å². The van der Waals surface area contributed by atoms with Gasteiger partial charge in [0.05, 0.1) is 22.6 Å². The fourth-order valence-electron chi connectivity index (χ4n) is 3.72. The minimum atomic E-state index is -4.02. The molecule has 0 spiro atoms. The third-order valence-corrected chi connectivity index (χ3v) is 6.90. The van der Waals surface area contributed by atoms with Gasteiger partial charge in [0.2, 0.25) is 10.0 Å². The lowest BCUT2D eigenvalue weighted by Gasteiger charge is -2.25. The third kappa shape index (κ3) is 2.11. The monoisotopic (exact) mass is 359 g/mol. The Morgan fingerprint density at radius 1 is 1.24 bits per heavy atom. The van der Waals surface area contributed by atoms with E-state index in [0.29, 0.717) is 28.4 Å². The summed E-state index contributed by atoms with van der Waals surface area (Å²) in [5, 5.41) is 12.3. The Morgan fingerprint density at radius 3 is 2.72 bits per heavy atom. The van der Waals surface area contributed by atoms with Gasteiger partial charge in [-0.1, -0.05) is 12.1 Å². The molecule has 1 saturated heterocycles. The van der Waals surface area contributed by atoms with Gasteiger partial charge in [-0.3, -0.25) is 4.79 Å². The molecule has 0 N–H and O–H groups in total. The first-order chi connectivity index (χ1) is 11.8. The number of sulfonamides is 1. The van der Waals surface area contributed by atoms with Crippen molar-refractivity contribution in [3.05, 3.63) is 35.9 Å². The Labute approximate surface area is 144 Å². The number of aliphatic carboxylic acids is 1. The van der Waals surface area contributed by atoms with E-state index in [2.05, 4.69) is 0 Å². The van der Waals surface area contributed by atoms with Crippen LogP contribution in [0.25, 0.3) is 10.8 Å². The molecule has 0 bridgehead atoms. The summed E-state index contributed by atoms with van der Waals surface area (Å²) < 4.78 is 27.2. The van der Waals surface area contributed by atoms with Gasteiger partial charge in [-0.2, -0.15) is 4.31 Å². The van der Waals surface area contributed by atoms with Crippen LogP contribution in [-0.4, -0.2) is 44.2 Å². The Kier molecular flexibility index (Phi) is 3.38. The maximum absolute atomic E-state index is 13.1. The first kappa shape index (κ1) is 16.0. The molecule has 2 aliphatic rings. The Morgan fingerprint density at radius 2 is 2.00 bits per heavy atom. The summed E-state index contributed by atoms with van der Waals surface area (Å²) in [5.41, 5.74) is 1.09. The van der Waals surface area contributed by atoms with Crippen molar-refractivity contribution in [3.8, 4) is 0 Å². The van der Waals surface area contributed by atoms with Crippen LogP contribution in [0.2, 0.25) is 0 Å². The first-order valence-corrected chi connectivity index (χ1v) is 9.34. The van der Waals surface area contributed by atoms with Gasteiger partial charge < -0.3 is 14.8 Å². The SMILES string of the molecule is CN1C(=O)c2cccc3c(S(=O)(=O)N4CCC[C@@H]4C(=O)[O-])ccc1c23. The molecule has 1 amide bonds. The predicted octanol–water partition coefficient (Wildman–Crippen LogP) is 0.333. The second-order valence-corrected chi connectivity index (χ2v) is 8.13. The van der Waals surface area contributed by atoms with Crippen LogP contribution in [-0.2, 0) is 14.8 Å². The molecule has 0 unspecified atom stereocenters. The molecule has 0 aliphatic carbocycles. The van der Waals surface area contributed by atoms with E-state index in [1.807, 2.05) is 0 Å². The average Bonchev–Trinajstić information content (AvgIpc) is 3.17. The van der Waals surface area contributed by atoms with Crippen LogP contribution in [0, 0.1) is 0 Å². The standard InChI is InChI=1S/C17H16N2O5S/c1-18-12-7-8-14(10-4-2-5-11(15(10)12)16(18)20)25(23,24)19-9-3-6-13(19)17(21)22/h2,4-5,7-8,13H,3,6,9H2,1H3,(H,21,22)/p-1/t13-/m1/s1. The van der Waals surface area contributed by atoms with E-state index in [1.54, 1.807) is 31.3 Å². The maximum Gasteiger partial charge on any atom is 0.258 e. The van der Waals surface area contributed by atoms with Crippen molar-refractivity contribution >= 4 is 38.4 Å². The van der Waals surface area contributed by atoms with Crippen molar-refractivity contribution in [2.45, 2.75) is 23.8 Å². The minimum absolute atomic E-state index is 0.0179. The molecule has 1 fully saturated rings. The van der Waals surface area contributed by atoms with E-state index in [-0.39, 0.29) is 23.8 Å². The Hall–Kier alpha value is -2.45. The van der Waals surface area contributed by atoms with Gasteiger partial charge in [0.1, 0.15) is 0 Å². The zero-order valence-electron chi connectivity index (χ0n) is 13.4. The van der Waals surface area contributed by atoms with E-state index >= 15 is 0 Å². The molecular formula is C17H15N2O5S-. The van der Waals surface area contributed by atoms with Gasteiger partial charge in [-0.15, -0.1) is 0 Å². The van der Waals surface area contributed by atoms with Crippen LogP contribution in [0.5, 0.6) is 0 Å². The fourth-order valence-corrected chi connectivity index (χ4v) is 5.56. The molecule has 7 nitrogen and oxygen atoms in total. The maximum atomic E-state index is 13.1. The second-order valence-electron chi connectivity index (χ2n) is 6.27. The minimum Gasteiger partial charge on any atom is -0.548 e. The number of rotatable bonds is 3. The van der Waals surface area contributed by atoms with Crippen molar-refractivity contribution in [2.24, 2.45) is 0 Å². The quantitative estimate of drug-likeness (QED) is 0.787. The number of nitrogens with zero attached hydrogens (tertiary/aromatic N) is 2. The molecule has 2 aromatic rings. The van der Waals surface area contributed by atoms with Crippen molar-refractivity contribution in [1.82, 2.24) is 4.31 Å². The fraction of sp³-hybridized carbons (Fsp3) is 0.294. The van der Waals surface area contributed by atoms with Gasteiger partial charge in [0, 0.05) is 29.9 Å². The van der Waals surface area contributed by atoms with Gasteiger partial charge >= 0.3 is 0 Å². The molecule has 1 atom stereocenters. The highest BCUT2D eigenvalue weighted by Crippen LogP contribution is 2.40. The average molecular weight is 359 g/mol. The predicted molar refractivity (Wildman–Crippen MR) is 88.6 cm³/mol. The summed E-state index contributed by atoms with van der Waals surface area (Å²) in [4.78, 5) is 25.1. The van der Waals surface area contributed by atoms with Crippen molar-refractivity contribution in [2.75, 3.05) is 18.5 Å². The highest BCUT2D eigenvalue weighted by Gasteiger charge is 2.38. The zero-order chi connectivity index (χ0) is 17.9. The largest absolute Gasteiger partial charge is 0.548 e. The van der Waals surface area contributed by atoms with Crippen LogP contribution in [0.3, 0.4) is 0 Å². The van der Waals surface area contributed by atoms with Crippen molar-refractivity contribution < 1.29 is 23.1 Å². The summed E-state index contributed by atoms with van der Waals surface area (Å²) in [6.45, 7) is 0.142. The number of carbonyl (C=O) groups is 2. The highest BCUT2D eigenvalue weighted by atomic mass is 32.2. The molecule has 0 radical (unpaired) electrons. The lowest BCUT2D eigenvalue weighted by molar-refractivity contribution is -0.309. The Balaban J connectivity index is 1.95. The summed E-state index contributed by atoms with van der Waals surface area (Å²) in [6, 6.07) is 6.82. The highest BCUT2D eigenvalue weighted by molar-refractivity contribution is 7.89. The molecule has 4 rings (SSSR count). The summed E-state index contributed by atoms with van der Waals surface area (Å²) in [7, 11) is -2.38. The van der Waals surface area contributed by atoms with Gasteiger partial charge in [0.15, 0.2) is 0 Å². The van der Waals surface area contributed by atoms with Gasteiger partial charge in [-0.25, -0.2) is 8.42 Å². The van der Waals surface area contributed by atoms with Gasteiger partial charge in [-0.05, 0) is 31.0 Å². The summed E-state index contributed by atoms with van der Waals surface area (Å²) in [6.07, 6.45) is 0.713. The molecule has 0 aromatic heterocycles. The summed E-state index contributed by atoms with van der Waals surface area (Å²) in [5.74, 6) is -1.58. The zero-order valence-corrected chi connectivity index (χ0v) is 14.2. The Bertz CT molecular complexity index is 1030. The molecule has 130 valence electrons. The summed E-state index contributed by atoms with van der Waals surface area (Å²) >= 11 is 0. The molecule has 2 aromatic carbocycles. The molecule has 0 saturated carbocycles. The first-order valence-electron chi connectivity index (χ1n) is 7.90. The van der Waals surface area contributed by atoms with E-state index in [9.17, 15) is 23.1 Å². The van der Waals surface area contributed by atoms with E-state index in [4.69, 9.17) is 0 Å². The number of carbonyl (C=O) groups excluding carboxylic acids is 2. The van der Waals surface area contributed by atoms with Crippen LogP contribution in [0.4, 0.5) is 5.69 Å². The molecule has 2 aliphatic heterocycles. The van der Waals surface area contributed by atoms with Gasteiger partial charge in [0.25, 0.3) is 5.91 Å². The number of hydrogen-bond donors (Lipinski definition) is 0. The van der Waals surface area contributed by atoms with E-state index in [0.717, 1.165) is 4.31 Å². The number of benzene rings is 2. The number of hydrogen-bond acceptors (Lipinski definition) is 5. The van der Waals surface area contributed by atoms with E-state index in [1.165, 1.54) is 11.0 Å². The topological polar surface area (TPSA) is 97.8 Å². The molecule has 2 heterocycles. The lowest BCUT2D eigenvalue weighted by Crippen LogP contribution is -2.46. The van der Waals surface area contributed by atoms with Crippen molar-refractivity contribution in [1.29, 1.82) is 0 Å². The third-order valence-electron chi connectivity index (χ3n) is 4.94. The number of carboxylic acids is 1. The lowest BCUT2D eigenvalue weighted by atomic mass is 10.1. The second kappa shape index (κ2) is 5.27. The molecule has 25 heavy (non-hydrogen) atoms.